The van der Waals surface area contributed by atoms with Crippen LogP contribution in [0.1, 0.15) is 10.4 Å². The van der Waals surface area contributed by atoms with Crippen LogP contribution in [0, 0.1) is 5.82 Å². The fourth-order valence-corrected chi connectivity index (χ4v) is 2.99. The highest BCUT2D eigenvalue weighted by molar-refractivity contribution is 6.30. The molecule has 0 aliphatic rings. The Morgan fingerprint density at radius 2 is 1.66 bits per heavy atom. The summed E-state index contributed by atoms with van der Waals surface area (Å²) in [5, 5.41) is 18.0. The highest BCUT2D eigenvalue weighted by Crippen LogP contribution is 2.19. The van der Waals surface area contributed by atoms with Crippen LogP contribution in [0.3, 0.4) is 0 Å². The van der Waals surface area contributed by atoms with E-state index in [-0.39, 0.29) is 12.1 Å². The van der Waals surface area contributed by atoms with E-state index in [2.05, 4.69) is 26.0 Å². The molecule has 8 nitrogen and oxygen atoms in total. The molecule has 0 aliphatic heterocycles. The number of tetrazole rings is 1. The van der Waals surface area contributed by atoms with Crippen LogP contribution in [0.4, 0.5) is 15.8 Å². The van der Waals surface area contributed by atoms with E-state index in [1.807, 2.05) is 0 Å². The van der Waals surface area contributed by atoms with Gasteiger partial charge in [0.2, 0.25) is 11.7 Å². The number of amides is 2. The number of carbonyl (C=O) groups excluding carboxylic acids is 2. The smallest absolute Gasteiger partial charge is 0.257 e. The van der Waals surface area contributed by atoms with Gasteiger partial charge in [0.05, 0.1) is 11.3 Å². The van der Waals surface area contributed by atoms with Crippen molar-refractivity contribution in [2.45, 2.75) is 6.54 Å². The quantitative estimate of drug-likeness (QED) is 0.462. The van der Waals surface area contributed by atoms with Crippen molar-refractivity contribution in [3.8, 4) is 11.4 Å². The molecule has 0 unspecified atom stereocenters. The molecular weight excluding hydrogens is 435 g/mol. The van der Waals surface area contributed by atoms with Crippen molar-refractivity contribution < 1.29 is 14.0 Å². The number of benzene rings is 3. The molecule has 4 rings (SSSR count). The van der Waals surface area contributed by atoms with Crippen molar-refractivity contribution in [2.24, 2.45) is 0 Å². The maximum Gasteiger partial charge on any atom is 0.257 e. The SMILES string of the molecule is O=C(Cn1nnc(-c2ccc(Cl)cc2)n1)Nc1ccccc1C(=O)Nc1ccc(F)cc1. The van der Waals surface area contributed by atoms with Gasteiger partial charge in [0.25, 0.3) is 5.91 Å². The van der Waals surface area contributed by atoms with Gasteiger partial charge in [-0.25, -0.2) is 4.39 Å². The largest absolute Gasteiger partial charge is 0.324 e. The fourth-order valence-electron chi connectivity index (χ4n) is 2.86. The van der Waals surface area contributed by atoms with E-state index in [1.54, 1.807) is 48.5 Å². The van der Waals surface area contributed by atoms with Gasteiger partial charge in [-0.05, 0) is 65.9 Å². The van der Waals surface area contributed by atoms with Crippen LogP contribution in [-0.2, 0) is 11.3 Å². The van der Waals surface area contributed by atoms with Crippen LogP contribution in [0.5, 0.6) is 0 Å². The molecule has 4 aromatic rings. The van der Waals surface area contributed by atoms with E-state index >= 15 is 0 Å². The fraction of sp³-hybridized carbons (Fsp3) is 0.0455. The summed E-state index contributed by atoms with van der Waals surface area (Å²) in [5.41, 5.74) is 1.71. The molecule has 0 fully saturated rings. The van der Waals surface area contributed by atoms with Crippen LogP contribution in [-0.4, -0.2) is 32.0 Å². The first-order valence-corrected chi connectivity index (χ1v) is 9.85. The number of aromatic nitrogens is 4. The van der Waals surface area contributed by atoms with E-state index in [0.717, 1.165) is 4.80 Å². The van der Waals surface area contributed by atoms with Crippen molar-refractivity contribution in [1.29, 1.82) is 0 Å². The number of halogens is 2. The van der Waals surface area contributed by atoms with Crippen molar-refractivity contribution in [3.05, 3.63) is 89.2 Å². The third-order valence-electron chi connectivity index (χ3n) is 4.39. The molecule has 160 valence electrons. The first-order valence-electron chi connectivity index (χ1n) is 9.47. The Morgan fingerprint density at radius 3 is 2.41 bits per heavy atom. The molecule has 0 saturated carbocycles. The van der Waals surface area contributed by atoms with E-state index < -0.39 is 17.6 Å². The minimum atomic E-state index is -0.448. The van der Waals surface area contributed by atoms with Gasteiger partial charge < -0.3 is 10.6 Å². The summed E-state index contributed by atoms with van der Waals surface area (Å²) in [6.07, 6.45) is 0. The molecule has 1 heterocycles. The summed E-state index contributed by atoms with van der Waals surface area (Å²) in [4.78, 5) is 26.3. The zero-order chi connectivity index (χ0) is 22.5. The standard InChI is InChI=1S/C22H16ClFN6O2/c23-15-7-5-14(6-8-15)21-27-29-30(28-21)13-20(31)26-19-4-2-1-3-18(19)22(32)25-17-11-9-16(24)10-12-17/h1-12H,13H2,(H,25,32)(H,26,31). The molecule has 0 atom stereocenters. The minimum Gasteiger partial charge on any atom is -0.324 e. The Kier molecular flexibility index (Phi) is 6.18. The summed E-state index contributed by atoms with van der Waals surface area (Å²) in [7, 11) is 0. The van der Waals surface area contributed by atoms with Gasteiger partial charge in [-0.3, -0.25) is 9.59 Å². The molecule has 0 spiro atoms. The Morgan fingerprint density at radius 1 is 0.938 bits per heavy atom. The van der Waals surface area contributed by atoms with Crippen LogP contribution >= 0.6 is 11.6 Å². The molecule has 0 aliphatic carbocycles. The van der Waals surface area contributed by atoms with Gasteiger partial charge in [-0.1, -0.05) is 23.7 Å². The molecule has 0 saturated heterocycles. The van der Waals surface area contributed by atoms with Gasteiger partial charge in [0.1, 0.15) is 12.4 Å². The number of nitrogens with zero attached hydrogens (tertiary/aromatic N) is 4. The Balaban J connectivity index is 1.43. The number of para-hydroxylation sites is 1. The molecule has 1 aromatic heterocycles. The highest BCUT2D eigenvalue weighted by atomic mass is 35.5. The van der Waals surface area contributed by atoms with E-state index in [0.29, 0.717) is 27.8 Å². The van der Waals surface area contributed by atoms with E-state index in [9.17, 15) is 14.0 Å². The number of carbonyl (C=O) groups is 2. The minimum absolute atomic E-state index is 0.200. The van der Waals surface area contributed by atoms with E-state index in [1.165, 1.54) is 24.3 Å². The summed E-state index contributed by atoms with van der Waals surface area (Å²) in [6.45, 7) is -0.200. The third kappa shape index (κ3) is 5.13. The highest BCUT2D eigenvalue weighted by Gasteiger charge is 2.15. The normalized spacial score (nSPS) is 10.6. The number of hydrogen-bond donors (Lipinski definition) is 2. The second kappa shape index (κ2) is 9.36. The lowest BCUT2D eigenvalue weighted by Gasteiger charge is -2.11. The van der Waals surface area contributed by atoms with Gasteiger partial charge >= 0.3 is 0 Å². The lowest BCUT2D eigenvalue weighted by Crippen LogP contribution is -2.22. The number of nitrogens with one attached hydrogen (secondary N) is 2. The molecule has 2 amide bonds. The summed E-state index contributed by atoms with van der Waals surface area (Å²) in [6, 6.07) is 18.8. The first-order chi connectivity index (χ1) is 15.5. The van der Waals surface area contributed by atoms with Crippen LogP contribution in [0.15, 0.2) is 72.8 Å². The molecule has 0 bridgehead atoms. The average Bonchev–Trinajstić information content (AvgIpc) is 3.24. The van der Waals surface area contributed by atoms with Crippen molar-refractivity contribution in [2.75, 3.05) is 10.6 Å². The van der Waals surface area contributed by atoms with Crippen molar-refractivity contribution in [1.82, 2.24) is 20.2 Å². The topological polar surface area (TPSA) is 102 Å². The van der Waals surface area contributed by atoms with Gasteiger partial charge in [0.15, 0.2) is 0 Å². The lowest BCUT2D eigenvalue weighted by molar-refractivity contribution is -0.117. The zero-order valence-corrected chi connectivity index (χ0v) is 17.3. The molecular formula is C22H16ClFN6O2. The lowest BCUT2D eigenvalue weighted by atomic mass is 10.1. The molecule has 32 heavy (non-hydrogen) atoms. The number of anilines is 2. The Labute approximate surface area is 187 Å². The number of hydrogen-bond acceptors (Lipinski definition) is 5. The van der Waals surface area contributed by atoms with Crippen LogP contribution < -0.4 is 10.6 Å². The second-order valence-electron chi connectivity index (χ2n) is 6.71. The predicted molar refractivity (Wildman–Crippen MR) is 118 cm³/mol. The van der Waals surface area contributed by atoms with Crippen molar-refractivity contribution in [3.63, 3.8) is 0 Å². The zero-order valence-electron chi connectivity index (χ0n) is 16.5. The Hall–Kier alpha value is -4.11. The maximum absolute atomic E-state index is 13.1. The Bertz CT molecular complexity index is 1260. The predicted octanol–water partition coefficient (Wildman–Crippen LogP) is 4.02. The van der Waals surface area contributed by atoms with Crippen molar-refractivity contribution >= 4 is 34.8 Å². The second-order valence-corrected chi connectivity index (χ2v) is 7.14. The molecule has 2 N–H and O–H groups in total. The van der Waals surface area contributed by atoms with Crippen LogP contribution in [0.2, 0.25) is 5.02 Å². The van der Waals surface area contributed by atoms with Gasteiger partial charge in [-0.2, -0.15) is 4.80 Å². The molecule has 3 aromatic carbocycles. The average molecular weight is 451 g/mol. The molecule has 0 radical (unpaired) electrons. The monoisotopic (exact) mass is 450 g/mol. The number of rotatable bonds is 6. The van der Waals surface area contributed by atoms with E-state index in [4.69, 9.17) is 11.6 Å². The third-order valence-corrected chi connectivity index (χ3v) is 4.64. The van der Waals surface area contributed by atoms with Crippen LogP contribution in [0.25, 0.3) is 11.4 Å². The summed E-state index contributed by atoms with van der Waals surface area (Å²) >= 11 is 5.88. The molecule has 10 heteroatoms. The summed E-state index contributed by atoms with van der Waals surface area (Å²) < 4.78 is 13.1. The van der Waals surface area contributed by atoms with Gasteiger partial charge in [-0.15, -0.1) is 10.2 Å². The first kappa shape index (κ1) is 21.1. The van der Waals surface area contributed by atoms with Gasteiger partial charge in [0, 0.05) is 16.3 Å². The maximum atomic E-state index is 13.1. The summed E-state index contributed by atoms with van der Waals surface area (Å²) in [5.74, 6) is -0.936.